The van der Waals surface area contributed by atoms with Crippen molar-refractivity contribution in [2.75, 3.05) is 26.2 Å². The molecule has 1 fully saturated rings. The molecular formula is C22H46N2O2. The van der Waals surface area contributed by atoms with Crippen molar-refractivity contribution in [3.8, 4) is 0 Å². The van der Waals surface area contributed by atoms with Crippen LogP contribution in [0.25, 0.3) is 0 Å². The van der Waals surface area contributed by atoms with Gasteiger partial charge in [-0.3, -0.25) is 9.80 Å². The molecule has 0 amide bonds. The van der Waals surface area contributed by atoms with Crippen molar-refractivity contribution in [2.45, 2.75) is 105 Å². The summed E-state index contributed by atoms with van der Waals surface area (Å²) in [5.74, 6) is 0.494. The molecule has 0 spiro atoms. The molecule has 156 valence electrons. The number of hydrogen-bond acceptors (Lipinski definition) is 4. The van der Waals surface area contributed by atoms with Crippen molar-refractivity contribution in [1.82, 2.24) is 9.80 Å². The third-order valence-electron chi connectivity index (χ3n) is 5.98. The van der Waals surface area contributed by atoms with Crippen LogP contribution in [0.15, 0.2) is 0 Å². The van der Waals surface area contributed by atoms with E-state index in [-0.39, 0.29) is 35.2 Å². The summed E-state index contributed by atoms with van der Waals surface area (Å²) in [6.45, 7) is 26.3. The van der Waals surface area contributed by atoms with Gasteiger partial charge in [-0.1, -0.05) is 13.8 Å². The van der Waals surface area contributed by atoms with Crippen molar-refractivity contribution in [2.24, 2.45) is 11.8 Å². The van der Waals surface area contributed by atoms with Gasteiger partial charge in [-0.25, -0.2) is 0 Å². The topological polar surface area (TPSA) is 35.9 Å². The molecule has 5 atom stereocenters. The number of hydrogen-bond donors (Lipinski definition) is 1. The molecule has 0 aromatic heterocycles. The molecule has 4 nitrogen and oxygen atoms in total. The highest BCUT2D eigenvalue weighted by molar-refractivity contribution is 4.87. The second-order valence-electron chi connectivity index (χ2n) is 10.5. The van der Waals surface area contributed by atoms with E-state index < -0.39 is 0 Å². The quantitative estimate of drug-likeness (QED) is 0.734. The molecule has 0 aliphatic carbocycles. The molecule has 0 aromatic carbocycles. The Kier molecular flexibility index (Phi) is 8.59. The summed E-state index contributed by atoms with van der Waals surface area (Å²) < 4.78 is 6.03. The van der Waals surface area contributed by atoms with Crippen LogP contribution in [-0.2, 0) is 4.74 Å². The lowest BCUT2D eigenvalue weighted by molar-refractivity contribution is -0.0736. The molecule has 0 saturated carbocycles. The minimum absolute atomic E-state index is 0.129. The first kappa shape index (κ1) is 23.9. The monoisotopic (exact) mass is 370 g/mol. The largest absolute Gasteiger partial charge is 0.393 e. The Morgan fingerprint density at radius 2 is 1.38 bits per heavy atom. The second kappa shape index (κ2) is 9.36. The van der Waals surface area contributed by atoms with Gasteiger partial charge in [0, 0.05) is 37.8 Å². The minimum atomic E-state index is -0.295. The number of aliphatic hydroxyl groups excluding tert-OH is 1. The number of piperazine rings is 1. The Bertz CT molecular complexity index is 405. The van der Waals surface area contributed by atoms with Gasteiger partial charge in [0.15, 0.2) is 0 Å². The molecule has 1 aliphatic heterocycles. The van der Waals surface area contributed by atoms with Crippen LogP contribution in [0.2, 0.25) is 0 Å². The summed E-state index contributed by atoms with van der Waals surface area (Å²) >= 11 is 0. The molecule has 4 heteroatoms. The smallest absolute Gasteiger partial charge is 0.0607 e. The lowest BCUT2D eigenvalue weighted by Crippen LogP contribution is -2.57. The SMILES string of the molecule is CC(CC(C)C(O)C(C)C(C)N1CCN(C(C)(C)C)CC1)OC(C)(C)C. The highest BCUT2D eigenvalue weighted by atomic mass is 16.5. The predicted octanol–water partition coefficient (Wildman–Crippen LogP) is 4.02. The standard InChI is InChI=1S/C22H46N2O2/c1-16(15-17(2)26-22(8,9)10)20(25)18(3)19(4)23-11-13-24(14-12-23)21(5,6)7/h16-20,25H,11-15H2,1-10H3. The fraction of sp³-hybridized carbons (Fsp3) is 1.00. The molecule has 5 unspecified atom stereocenters. The van der Waals surface area contributed by atoms with Crippen LogP contribution in [-0.4, -0.2) is 70.5 Å². The Balaban J connectivity index is 2.53. The van der Waals surface area contributed by atoms with Gasteiger partial charge in [-0.15, -0.1) is 0 Å². The molecular weight excluding hydrogens is 324 g/mol. The average Bonchev–Trinajstić information content (AvgIpc) is 2.50. The van der Waals surface area contributed by atoms with E-state index in [0.29, 0.717) is 6.04 Å². The molecule has 1 heterocycles. The lowest BCUT2D eigenvalue weighted by atomic mass is 9.85. The number of nitrogens with zero attached hydrogens (tertiary/aromatic N) is 2. The number of aliphatic hydroxyl groups is 1. The molecule has 1 N–H and O–H groups in total. The van der Waals surface area contributed by atoms with Crippen LogP contribution >= 0.6 is 0 Å². The zero-order valence-corrected chi connectivity index (χ0v) is 19.2. The maximum Gasteiger partial charge on any atom is 0.0607 e. The van der Waals surface area contributed by atoms with Crippen LogP contribution in [0, 0.1) is 11.8 Å². The van der Waals surface area contributed by atoms with Crippen LogP contribution < -0.4 is 0 Å². The maximum absolute atomic E-state index is 10.9. The Hall–Kier alpha value is -0.160. The van der Waals surface area contributed by atoms with Crippen molar-refractivity contribution >= 4 is 0 Å². The highest BCUT2D eigenvalue weighted by Crippen LogP contribution is 2.26. The molecule has 1 saturated heterocycles. The van der Waals surface area contributed by atoms with Crippen molar-refractivity contribution in [3.05, 3.63) is 0 Å². The van der Waals surface area contributed by atoms with Crippen molar-refractivity contribution in [1.29, 1.82) is 0 Å². The molecule has 0 radical (unpaired) electrons. The molecule has 0 aromatic rings. The van der Waals surface area contributed by atoms with E-state index in [1.165, 1.54) is 0 Å². The Labute approximate surface area is 163 Å². The van der Waals surface area contributed by atoms with Gasteiger partial charge in [0.25, 0.3) is 0 Å². The predicted molar refractivity (Wildman–Crippen MR) is 112 cm³/mol. The van der Waals surface area contributed by atoms with Gasteiger partial charge >= 0.3 is 0 Å². The third kappa shape index (κ3) is 7.46. The van der Waals surface area contributed by atoms with E-state index >= 15 is 0 Å². The summed E-state index contributed by atoms with van der Waals surface area (Å²) in [6, 6.07) is 0.397. The summed E-state index contributed by atoms with van der Waals surface area (Å²) in [5, 5.41) is 10.9. The van der Waals surface area contributed by atoms with Crippen LogP contribution in [0.4, 0.5) is 0 Å². The number of rotatable bonds is 7. The normalized spacial score (nSPS) is 24.1. The first-order valence-corrected chi connectivity index (χ1v) is 10.6. The van der Waals surface area contributed by atoms with Crippen LogP contribution in [0.5, 0.6) is 0 Å². The fourth-order valence-corrected chi connectivity index (χ4v) is 4.25. The van der Waals surface area contributed by atoms with Crippen molar-refractivity contribution < 1.29 is 9.84 Å². The zero-order valence-electron chi connectivity index (χ0n) is 19.2. The van der Waals surface area contributed by atoms with Crippen LogP contribution in [0.1, 0.15) is 75.7 Å². The number of ether oxygens (including phenoxy) is 1. The van der Waals surface area contributed by atoms with Gasteiger partial charge in [0.1, 0.15) is 0 Å². The molecule has 26 heavy (non-hydrogen) atoms. The van der Waals surface area contributed by atoms with E-state index in [2.05, 4.69) is 79.0 Å². The lowest BCUT2D eigenvalue weighted by Gasteiger charge is -2.46. The molecule has 1 aliphatic rings. The first-order valence-electron chi connectivity index (χ1n) is 10.6. The summed E-state index contributed by atoms with van der Waals surface area (Å²) in [6.07, 6.45) is 0.766. The first-order chi connectivity index (χ1) is 11.7. The average molecular weight is 371 g/mol. The van der Waals surface area contributed by atoms with Gasteiger partial charge in [-0.2, -0.15) is 0 Å². The molecule has 0 bridgehead atoms. The van der Waals surface area contributed by atoms with E-state index in [0.717, 1.165) is 32.6 Å². The highest BCUT2D eigenvalue weighted by Gasteiger charge is 2.33. The van der Waals surface area contributed by atoms with Gasteiger partial charge in [0.2, 0.25) is 0 Å². The Morgan fingerprint density at radius 1 is 0.885 bits per heavy atom. The van der Waals surface area contributed by atoms with Crippen LogP contribution in [0.3, 0.4) is 0 Å². The maximum atomic E-state index is 10.9. The van der Waals surface area contributed by atoms with Gasteiger partial charge in [-0.05, 0) is 73.6 Å². The zero-order chi connectivity index (χ0) is 20.3. The Morgan fingerprint density at radius 3 is 1.81 bits per heavy atom. The van der Waals surface area contributed by atoms with E-state index in [4.69, 9.17) is 4.74 Å². The summed E-state index contributed by atoms with van der Waals surface area (Å²) in [4.78, 5) is 5.11. The summed E-state index contributed by atoms with van der Waals surface area (Å²) in [7, 11) is 0. The van der Waals surface area contributed by atoms with E-state index in [1.807, 2.05) is 0 Å². The molecule has 1 rings (SSSR count). The van der Waals surface area contributed by atoms with Gasteiger partial charge < -0.3 is 9.84 Å². The third-order valence-corrected chi connectivity index (χ3v) is 5.98. The van der Waals surface area contributed by atoms with E-state index in [9.17, 15) is 5.11 Å². The fourth-order valence-electron chi connectivity index (χ4n) is 4.25. The second-order valence-corrected chi connectivity index (χ2v) is 10.5. The minimum Gasteiger partial charge on any atom is -0.393 e. The van der Waals surface area contributed by atoms with Gasteiger partial charge in [0.05, 0.1) is 17.8 Å². The summed E-state index contributed by atoms with van der Waals surface area (Å²) in [5.41, 5.74) is 0.119. The van der Waals surface area contributed by atoms with E-state index in [1.54, 1.807) is 0 Å². The van der Waals surface area contributed by atoms with Crippen molar-refractivity contribution in [3.63, 3.8) is 0 Å².